The smallest absolute Gasteiger partial charge is 0.307 e. The van der Waals surface area contributed by atoms with Gasteiger partial charge in [-0.3, -0.25) is 9.59 Å². The number of ether oxygens (including phenoxy) is 1. The van der Waals surface area contributed by atoms with E-state index in [1.54, 1.807) is 0 Å². The van der Waals surface area contributed by atoms with Gasteiger partial charge in [-0.2, -0.15) is 0 Å². The first-order valence-electron chi connectivity index (χ1n) is 7.50. The molecule has 4 heteroatoms. The highest BCUT2D eigenvalue weighted by atomic mass is 16.5. The van der Waals surface area contributed by atoms with Crippen molar-refractivity contribution < 1.29 is 14.3 Å². The normalized spacial score (nSPS) is 28.7. The van der Waals surface area contributed by atoms with E-state index in [0.29, 0.717) is 18.9 Å². The molecule has 0 saturated heterocycles. The van der Waals surface area contributed by atoms with Gasteiger partial charge in [0.15, 0.2) is 0 Å². The van der Waals surface area contributed by atoms with Gasteiger partial charge < -0.3 is 10.1 Å². The molecule has 0 aliphatic heterocycles. The number of fused-ring (bicyclic) bond motifs is 2. The van der Waals surface area contributed by atoms with Crippen LogP contribution in [0.25, 0.3) is 0 Å². The fourth-order valence-electron chi connectivity index (χ4n) is 3.56. The molecular formula is C15H25NO3. The maximum Gasteiger partial charge on any atom is 0.307 e. The van der Waals surface area contributed by atoms with Crippen molar-refractivity contribution in [2.75, 3.05) is 6.54 Å². The van der Waals surface area contributed by atoms with Crippen LogP contribution in [0.4, 0.5) is 0 Å². The predicted molar refractivity (Wildman–Crippen MR) is 72.4 cm³/mol. The second-order valence-electron chi connectivity index (χ2n) is 6.28. The first-order valence-corrected chi connectivity index (χ1v) is 7.50. The fraction of sp³-hybridized carbons (Fsp3) is 0.867. The summed E-state index contributed by atoms with van der Waals surface area (Å²) >= 11 is 0. The molecule has 4 nitrogen and oxygen atoms in total. The van der Waals surface area contributed by atoms with Gasteiger partial charge in [-0.05, 0) is 50.9 Å². The van der Waals surface area contributed by atoms with Crippen molar-refractivity contribution in [2.45, 2.75) is 58.5 Å². The molecule has 2 saturated carbocycles. The van der Waals surface area contributed by atoms with E-state index in [4.69, 9.17) is 4.74 Å². The molecule has 1 N–H and O–H groups in total. The van der Waals surface area contributed by atoms with Crippen molar-refractivity contribution in [1.82, 2.24) is 5.32 Å². The second kappa shape index (κ2) is 6.40. The Labute approximate surface area is 115 Å². The van der Waals surface area contributed by atoms with Gasteiger partial charge in [0.1, 0.15) is 0 Å². The minimum absolute atomic E-state index is 0.0859. The van der Waals surface area contributed by atoms with Crippen LogP contribution in [0.5, 0.6) is 0 Å². The molecule has 2 rings (SSSR count). The summed E-state index contributed by atoms with van der Waals surface area (Å²) in [5.41, 5.74) is 0. The van der Waals surface area contributed by atoms with E-state index in [1.807, 2.05) is 13.8 Å². The van der Waals surface area contributed by atoms with E-state index in [1.165, 1.54) is 25.7 Å². The van der Waals surface area contributed by atoms with Gasteiger partial charge in [0.2, 0.25) is 5.91 Å². The number of esters is 1. The van der Waals surface area contributed by atoms with Gasteiger partial charge in [0.05, 0.1) is 12.5 Å². The molecule has 1 amide bonds. The molecule has 108 valence electrons. The first-order chi connectivity index (χ1) is 9.04. The quantitative estimate of drug-likeness (QED) is 0.751. The predicted octanol–water partition coefficient (Wildman–Crippen LogP) is 2.27. The Kier molecular flexibility index (Phi) is 4.83. The average molecular weight is 267 g/mol. The third kappa shape index (κ3) is 4.22. The Morgan fingerprint density at radius 2 is 2.05 bits per heavy atom. The van der Waals surface area contributed by atoms with Crippen LogP contribution >= 0.6 is 0 Å². The van der Waals surface area contributed by atoms with Crippen molar-refractivity contribution >= 4 is 11.9 Å². The molecule has 0 aromatic heterocycles. The zero-order valence-corrected chi connectivity index (χ0v) is 12.0. The van der Waals surface area contributed by atoms with Crippen LogP contribution in [0.1, 0.15) is 52.4 Å². The Balaban J connectivity index is 1.59. The number of hydrogen-bond donors (Lipinski definition) is 1. The number of nitrogens with one attached hydrogen (secondary N) is 1. The highest BCUT2D eigenvalue weighted by Gasteiger charge is 2.39. The summed E-state index contributed by atoms with van der Waals surface area (Å²) in [4.78, 5) is 23.1. The second-order valence-corrected chi connectivity index (χ2v) is 6.28. The standard InChI is InChI=1S/C15H25NO3/c1-10(2)19-15(18)5-6-16-14(17)9-13-8-11-3-4-12(13)7-11/h10-13H,3-9H2,1-2H3,(H,16,17). The number of carbonyl (C=O) groups excluding carboxylic acids is 2. The maximum absolute atomic E-state index is 11.8. The Bertz CT molecular complexity index is 340. The van der Waals surface area contributed by atoms with E-state index in [2.05, 4.69) is 5.32 Å². The molecule has 2 bridgehead atoms. The van der Waals surface area contributed by atoms with E-state index in [-0.39, 0.29) is 24.4 Å². The Morgan fingerprint density at radius 1 is 1.26 bits per heavy atom. The highest BCUT2D eigenvalue weighted by molar-refractivity contribution is 5.77. The topological polar surface area (TPSA) is 55.4 Å². The largest absolute Gasteiger partial charge is 0.463 e. The van der Waals surface area contributed by atoms with Crippen LogP contribution in [0, 0.1) is 17.8 Å². The summed E-state index contributed by atoms with van der Waals surface area (Å²) < 4.78 is 5.02. The van der Waals surface area contributed by atoms with Gasteiger partial charge in [-0.25, -0.2) is 0 Å². The average Bonchev–Trinajstić information content (AvgIpc) is 2.89. The fourth-order valence-corrected chi connectivity index (χ4v) is 3.56. The van der Waals surface area contributed by atoms with Crippen LogP contribution in [0.2, 0.25) is 0 Å². The lowest BCUT2D eigenvalue weighted by atomic mass is 9.86. The van der Waals surface area contributed by atoms with Crippen LogP contribution in [0.3, 0.4) is 0 Å². The van der Waals surface area contributed by atoms with E-state index < -0.39 is 0 Å². The lowest BCUT2D eigenvalue weighted by molar-refractivity contribution is -0.147. The van der Waals surface area contributed by atoms with Crippen molar-refractivity contribution in [1.29, 1.82) is 0 Å². The van der Waals surface area contributed by atoms with Crippen molar-refractivity contribution in [2.24, 2.45) is 17.8 Å². The van der Waals surface area contributed by atoms with Crippen LogP contribution in [-0.4, -0.2) is 24.5 Å². The molecule has 3 unspecified atom stereocenters. The summed E-state index contributed by atoms with van der Waals surface area (Å²) in [5.74, 6) is 2.09. The van der Waals surface area contributed by atoms with Crippen molar-refractivity contribution in [3.8, 4) is 0 Å². The minimum Gasteiger partial charge on any atom is -0.463 e. The van der Waals surface area contributed by atoms with E-state index in [9.17, 15) is 9.59 Å². The van der Waals surface area contributed by atoms with Gasteiger partial charge in [0, 0.05) is 13.0 Å². The third-order valence-corrected chi connectivity index (χ3v) is 4.35. The van der Waals surface area contributed by atoms with Gasteiger partial charge in [-0.1, -0.05) is 6.42 Å². The van der Waals surface area contributed by atoms with Crippen LogP contribution in [-0.2, 0) is 14.3 Å². The SMILES string of the molecule is CC(C)OC(=O)CCNC(=O)CC1CC2CCC1C2. The molecule has 2 aliphatic rings. The number of hydrogen-bond acceptors (Lipinski definition) is 3. The highest BCUT2D eigenvalue weighted by Crippen LogP contribution is 2.49. The summed E-state index contributed by atoms with van der Waals surface area (Å²) in [7, 11) is 0. The molecule has 2 fully saturated rings. The maximum atomic E-state index is 11.8. The van der Waals surface area contributed by atoms with Crippen LogP contribution in [0.15, 0.2) is 0 Å². The third-order valence-electron chi connectivity index (χ3n) is 4.35. The molecule has 3 atom stereocenters. The molecule has 2 aliphatic carbocycles. The van der Waals surface area contributed by atoms with E-state index >= 15 is 0 Å². The summed E-state index contributed by atoms with van der Waals surface area (Å²) in [6.07, 6.45) is 6.05. The first kappa shape index (κ1) is 14.4. The van der Waals surface area contributed by atoms with Gasteiger partial charge in [-0.15, -0.1) is 0 Å². The summed E-state index contributed by atoms with van der Waals surface area (Å²) in [5, 5.41) is 2.83. The lowest BCUT2D eigenvalue weighted by Crippen LogP contribution is -2.29. The summed E-state index contributed by atoms with van der Waals surface area (Å²) in [6, 6.07) is 0. The zero-order valence-electron chi connectivity index (χ0n) is 12.0. The van der Waals surface area contributed by atoms with Crippen molar-refractivity contribution in [3.05, 3.63) is 0 Å². The summed E-state index contributed by atoms with van der Waals surface area (Å²) in [6.45, 7) is 4.04. The zero-order chi connectivity index (χ0) is 13.8. The molecule has 0 radical (unpaired) electrons. The van der Waals surface area contributed by atoms with Gasteiger partial charge >= 0.3 is 5.97 Å². The molecule has 19 heavy (non-hydrogen) atoms. The Morgan fingerprint density at radius 3 is 2.63 bits per heavy atom. The molecule has 0 aromatic rings. The molecule has 0 heterocycles. The lowest BCUT2D eigenvalue weighted by Gasteiger charge is -2.20. The molecule has 0 spiro atoms. The number of rotatable bonds is 6. The number of carbonyl (C=O) groups is 2. The molecular weight excluding hydrogens is 242 g/mol. The van der Waals surface area contributed by atoms with Crippen LogP contribution < -0.4 is 5.32 Å². The van der Waals surface area contributed by atoms with Crippen molar-refractivity contribution in [3.63, 3.8) is 0 Å². The number of amides is 1. The molecule has 0 aromatic carbocycles. The monoisotopic (exact) mass is 267 g/mol. The van der Waals surface area contributed by atoms with Gasteiger partial charge in [0.25, 0.3) is 0 Å². The Hall–Kier alpha value is -1.06. The minimum atomic E-state index is -0.241. The van der Waals surface area contributed by atoms with E-state index in [0.717, 1.165) is 11.8 Å².